The zero-order valence-electron chi connectivity index (χ0n) is 22.3. The van der Waals surface area contributed by atoms with E-state index in [4.69, 9.17) is 22.1 Å². The van der Waals surface area contributed by atoms with E-state index < -0.39 is 12.0 Å². The molecule has 3 aromatic rings. The summed E-state index contributed by atoms with van der Waals surface area (Å²) in [4.78, 5) is 25.6. The van der Waals surface area contributed by atoms with Crippen LogP contribution in [0.15, 0.2) is 59.3 Å². The van der Waals surface area contributed by atoms with Gasteiger partial charge in [0, 0.05) is 43.1 Å². The molecule has 1 saturated heterocycles. The van der Waals surface area contributed by atoms with Gasteiger partial charge in [0.1, 0.15) is 24.1 Å². The Morgan fingerprint density at radius 2 is 2.15 bits per heavy atom. The van der Waals surface area contributed by atoms with Crippen LogP contribution in [-0.4, -0.2) is 66.3 Å². The molecule has 0 spiro atoms. The summed E-state index contributed by atoms with van der Waals surface area (Å²) in [5, 5.41) is 4.41. The zero-order valence-corrected chi connectivity index (χ0v) is 23.1. The Hall–Kier alpha value is -3.89. The Morgan fingerprint density at radius 1 is 1.32 bits per heavy atom. The number of Topliss-reactive ketones (excluding diaryl/α,β-unsaturated/α-hetero) is 1. The number of aliphatic imine (C=N–C) groups is 1. The summed E-state index contributed by atoms with van der Waals surface area (Å²) in [6.07, 6.45) is 6.28. The lowest BCUT2D eigenvalue weighted by atomic mass is 10.1. The molecular formula is C29H31ClF2N6O2. The highest BCUT2D eigenvalue weighted by Crippen LogP contribution is 2.33. The summed E-state index contributed by atoms with van der Waals surface area (Å²) in [6, 6.07) is 9.00. The van der Waals surface area contributed by atoms with Gasteiger partial charge in [-0.15, -0.1) is 0 Å². The molecule has 0 saturated carbocycles. The van der Waals surface area contributed by atoms with Crippen molar-refractivity contribution in [3.63, 3.8) is 0 Å². The largest absolute Gasteiger partial charge is 0.496 e. The molecule has 8 nitrogen and oxygen atoms in total. The average Bonchev–Trinajstić information content (AvgIpc) is 3.34. The number of hydrogen-bond donors (Lipinski definition) is 2. The minimum absolute atomic E-state index is 0.0188. The number of allylic oxidation sites excluding steroid dienone is 2. The number of methoxy groups -OCH3 is 1. The van der Waals surface area contributed by atoms with E-state index in [2.05, 4.69) is 25.2 Å². The standard InChI is InChI=1S/C29H31ClF2N6O2/c1-18(39)14-34-15-24(32)25(33)11-19-5-6-26(23(30)10-19)37-29-22-12-20(4-3-8-38-9-7-21(31)16-38)28(40-2)13-27(22)35-17-36-29/h3-6,10,12-13,15,17,21H,7-9,11,14,16,33H2,1-2H3,(H,35,36,37)/b4-3+,25-24?,34-15?. The summed E-state index contributed by atoms with van der Waals surface area (Å²) in [5.41, 5.74) is 8.66. The van der Waals surface area contributed by atoms with Crippen LogP contribution in [0.3, 0.4) is 0 Å². The zero-order chi connectivity index (χ0) is 28.6. The Balaban J connectivity index is 1.53. The van der Waals surface area contributed by atoms with E-state index in [1.807, 2.05) is 24.3 Å². The fourth-order valence-corrected chi connectivity index (χ4v) is 4.58. The van der Waals surface area contributed by atoms with E-state index in [0.717, 1.165) is 23.7 Å². The third-order valence-corrected chi connectivity index (χ3v) is 6.68. The number of carbonyl (C=O) groups excluding carboxylic acids is 1. The van der Waals surface area contributed by atoms with Crippen molar-refractivity contribution in [2.45, 2.75) is 25.9 Å². The number of aromatic nitrogens is 2. The van der Waals surface area contributed by atoms with E-state index in [-0.39, 0.29) is 24.4 Å². The SMILES string of the molecule is COc1cc2ncnc(Nc3ccc(CC(N)=C(F)C=NCC(C)=O)cc3Cl)c2cc1/C=C/CN1CCC(F)C1. The summed E-state index contributed by atoms with van der Waals surface area (Å²) in [5.74, 6) is 0.337. The van der Waals surface area contributed by atoms with E-state index in [9.17, 15) is 13.6 Å². The molecule has 11 heteroatoms. The highest BCUT2D eigenvalue weighted by atomic mass is 35.5. The maximum absolute atomic E-state index is 14.2. The number of likely N-dealkylation sites (tertiary alicyclic amines) is 1. The Bertz CT molecular complexity index is 1480. The maximum Gasteiger partial charge on any atom is 0.159 e. The van der Waals surface area contributed by atoms with Crippen molar-refractivity contribution >= 4 is 52.1 Å². The monoisotopic (exact) mass is 568 g/mol. The number of hydrogen-bond acceptors (Lipinski definition) is 8. The number of fused-ring (bicyclic) bond motifs is 1. The van der Waals surface area contributed by atoms with Gasteiger partial charge < -0.3 is 15.8 Å². The Morgan fingerprint density at radius 3 is 2.85 bits per heavy atom. The molecule has 0 aliphatic carbocycles. The fourth-order valence-electron chi connectivity index (χ4n) is 4.33. The molecule has 1 atom stereocenters. The molecule has 210 valence electrons. The van der Waals surface area contributed by atoms with Gasteiger partial charge in [-0.1, -0.05) is 29.8 Å². The highest BCUT2D eigenvalue weighted by molar-refractivity contribution is 6.33. The fraction of sp³-hybridized carbons (Fsp3) is 0.310. The highest BCUT2D eigenvalue weighted by Gasteiger charge is 2.20. The van der Waals surface area contributed by atoms with E-state index >= 15 is 0 Å². The number of nitrogens with one attached hydrogen (secondary N) is 1. The molecule has 0 radical (unpaired) electrons. The molecule has 2 heterocycles. The summed E-state index contributed by atoms with van der Waals surface area (Å²) < 4.78 is 33.3. The van der Waals surface area contributed by atoms with Crippen molar-refractivity contribution < 1.29 is 18.3 Å². The lowest BCUT2D eigenvalue weighted by Crippen LogP contribution is -2.20. The van der Waals surface area contributed by atoms with Crippen molar-refractivity contribution in [3.05, 3.63) is 70.4 Å². The molecule has 4 rings (SSSR count). The number of halogens is 3. The second kappa shape index (κ2) is 13.5. The molecule has 0 amide bonds. The van der Waals surface area contributed by atoms with Crippen LogP contribution in [0.25, 0.3) is 17.0 Å². The minimum Gasteiger partial charge on any atom is -0.496 e. The van der Waals surface area contributed by atoms with Gasteiger partial charge in [0.25, 0.3) is 0 Å². The number of ether oxygens (including phenoxy) is 1. The molecule has 40 heavy (non-hydrogen) atoms. The Kier molecular flexibility index (Phi) is 9.79. The van der Waals surface area contributed by atoms with Crippen molar-refractivity contribution in [1.82, 2.24) is 14.9 Å². The molecule has 0 bridgehead atoms. The molecule has 1 aliphatic heterocycles. The van der Waals surface area contributed by atoms with Gasteiger partial charge in [-0.3, -0.25) is 14.7 Å². The first-order valence-electron chi connectivity index (χ1n) is 12.8. The van der Waals surface area contributed by atoms with Crippen molar-refractivity contribution in [3.8, 4) is 5.75 Å². The molecule has 1 aliphatic rings. The van der Waals surface area contributed by atoms with E-state index in [1.54, 1.807) is 25.3 Å². The van der Waals surface area contributed by atoms with Crippen LogP contribution in [0.4, 0.5) is 20.3 Å². The van der Waals surface area contributed by atoms with Gasteiger partial charge in [0.15, 0.2) is 11.6 Å². The summed E-state index contributed by atoms with van der Waals surface area (Å²) >= 11 is 6.55. The minimum atomic E-state index is -0.761. The molecular weight excluding hydrogens is 538 g/mol. The second-order valence-electron chi connectivity index (χ2n) is 9.54. The van der Waals surface area contributed by atoms with Crippen LogP contribution in [-0.2, 0) is 11.2 Å². The smallest absolute Gasteiger partial charge is 0.159 e. The predicted octanol–water partition coefficient (Wildman–Crippen LogP) is 5.43. The van der Waals surface area contributed by atoms with Gasteiger partial charge in [0.05, 0.1) is 41.8 Å². The van der Waals surface area contributed by atoms with Gasteiger partial charge in [-0.25, -0.2) is 18.7 Å². The van der Waals surface area contributed by atoms with Gasteiger partial charge >= 0.3 is 0 Å². The predicted molar refractivity (Wildman–Crippen MR) is 156 cm³/mol. The maximum atomic E-state index is 14.2. The Labute approximate surface area is 236 Å². The van der Waals surface area contributed by atoms with Crippen LogP contribution >= 0.6 is 11.6 Å². The number of nitrogens with zero attached hydrogens (tertiary/aromatic N) is 4. The number of nitrogens with two attached hydrogens (primary N) is 1. The quantitative estimate of drug-likeness (QED) is 0.297. The number of benzene rings is 2. The lowest BCUT2D eigenvalue weighted by molar-refractivity contribution is -0.115. The van der Waals surface area contributed by atoms with Crippen LogP contribution in [0.1, 0.15) is 24.5 Å². The van der Waals surface area contributed by atoms with Crippen molar-refractivity contribution in [1.29, 1.82) is 0 Å². The van der Waals surface area contributed by atoms with Crippen LogP contribution < -0.4 is 15.8 Å². The molecule has 2 aromatic carbocycles. The van der Waals surface area contributed by atoms with Crippen molar-refractivity contribution in [2.24, 2.45) is 10.7 Å². The first-order chi connectivity index (χ1) is 19.2. The van der Waals surface area contributed by atoms with Crippen LogP contribution in [0.5, 0.6) is 5.75 Å². The number of carbonyl (C=O) groups is 1. The van der Waals surface area contributed by atoms with E-state index in [0.29, 0.717) is 52.9 Å². The first kappa shape index (κ1) is 29.1. The third kappa shape index (κ3) is 7.61. The normalized spacial score (nSPS) is 16.7. The molecule has 1 unspecified atom stereocenters. The van der Waals surface area contributed by atoms with E-state index in [1.165, 1.54) is 13.3 Å². The summed E-state index contributed by atoms with van der Waals surface area (Å²) in [7, 11) is 1.60. The second-order valence-corrected chi connectivity index (χ2v) is 9.95. The first-order valence-corrected chi connectivity index (χ1v) is 13.2. The topological polar surface area (TPSA) is 106 Å². The molecule has 1 aromatic heterocycles. The number of alkyl halides is 1. The van der Waals surface area contributed by atoms with Gasteiger partial charge in [0.2, 0.25) is 0 Å². The lowest BCUT2D eigenvalue weighted by Gasteiger charge is -2.14. The van der Waals surface area contributed by atoms with Crippen LogP contribution in [0, 0.1) is 0 Å². The van der Waals surface area contributed by atoms with Crippen molar-refractivity contribution in [2.75, 3.05) is 38.6 Å². The molecule has 1 fully saturated rings. The van der Waals surface area contributed by atoms with Crippen LogP contribution in [0.2, 0.25) is 5.02 Å². The number of anilines is 2. The third-order valence-electron chi connectivity index (χ3n) is 6.37. The van der Waals surface area contributed by atoms with Gasteiger partial charge in [-0.05, 0) is 37.1 Å². The molecule has 3 N–H and O–H groups in total. The number of rotatable bonds is 11. The van der Waals surface area contributed by atoms with Gasteiger partial charge in [-0.2, -0.15) is 0 Å². The number of ketones is 1. The summed E-state index contributed by atoms with van der Waals surface area (Å²) in [6.45, 7) is 3.11. The average molecular weight is 569 g/mol.